The molecule has 166 valence electrons. The van der Waals surface area contributed by atoms with Crippen molar-refractivity contribution in [3.05, 3.63) is 84.2 Å². The van der Waals surface area contributed by atoms with E-state index in [1.165, 1.54) is 17.3 Å². The molecule has 6 nitrogen and oxygen atoms in total. The fraction of sp³-hybridized carbons (Fsp3) is 0.231. The van der Waals surface area contributed by atoms with E-state index < -0.39 is 0 Å². The highest BCUT2D eigenvalue weighted by Crippen LogP contribution is 2.36. The molecule has 0 unspecified atom stereocenters. The van der Waals surface area contributed by atoms with Crippen LogP contribution < -0.4 is 4.90 Å². The zero-order chi connectivity index (χ0) is 22.9. The predicted octanol–water partition coefficient (Wildman–Crippen LogP) is 5.10. The van der Waals surface area contributed by atoms with Crippen molar-refractivity contribution in [2.24, 2.45) is 0 Å². The molecule has 4 aromatic rings. The van der Waals surface area contributed by atoms with Gasteiger partial charge in [0.05, 0.1) is 10.9 Å². The topological polar surface area (TPSA) is 63.9 Å². The highest BCUT2D eigenvalue weighted by atomic mass is 32.2. The van der Waals surface area contributed by atoms with Gasteiger partial charge in [0, 0.05) is 29.7 Å². The Labute approximate surface area is 197 Å². The first-order chi connectivity index (χ1) is 16.0. The van der Waals surface area contributed by atoms with Gasteiger partial charge in [-0.2, -0.15) is 0 Å². The second-order valence-corrected chi connectivity index (χ2v) is 9.63. The predicted molar refractivity (Wildman–Crippen MR) is 132 cm³/mol. The highest BCUT2D eigenvalue weighted by molar-refractivity contribution is 8.00. The van der Waals surface area contributed by atoms with Crippen molar-refractivity contribution in [3.8, 4) is 17.1 Å². The molecule has 5 rings (SSSR count). The van der Waals surface area contributed by atoms with Crippen LogP contribution in [0.1, 0.15) is 25.0 Å². The third kappa shape index (κ3) is 3.93. The molecule has 7 heteroatoms. The van der Waals surface area contributed by atoms with E-state index in [1.54, 1.807) is 12.4 Å². The van der Waals surface area contributed by atoms with E-state index in [1.807, 2.05) is 64.9 Å². The molecule has 0 aliphatic carbocycles. The number of aromatic nitrogens is 4. The van der Waals surface area contributed by atoms with Crippen LogP contribution >= 0.6 is 11.8 Å². The molecular weight excluding hydrogens is 430 g/mol. The van der Waals surface area contributed by atoms with E-state index in [9.17, 15) is 4.79 Å². The quantitative estimate of drug-likeness (QED) is 0.392. The van der Waals surface area contributed by atoms with Crippen molar-refractivity contribution in [1.82, 2.24) is 19.7 Å². The number of nitrogens with zero attached hydrogens (tertiary/aromatic N) is 5. The van der Waals surface area contributed by atoms with Crippen molar-refractivity contribution < 1.29 is 4.79 Å². The molecule has 1 aliphatic rings. The zero-order valence-electron chi connectivity index (χ0n) is 18.8. The van der Waals surface area contributed by atoms with Gasteiger partial charge in [-0.1, -0.05) is 48.2 Å². The Kier molecular flexibility index (Phi) is 5.72. The number of carbonyl (C=O) groups excluding carboxylic acids is 1. The largest absolute Gasteiger partial charge is 0.308 e. The molecule has 0 radical (unpaired) electrons. The number of amides is 1. The molecular formula is C26H25N5OS. The van der Waals surface area contributed by atoms with Crippen LogP contribution in [0.5, 0.6) is 0 Å². The maximum Gasteiger partial charge on any atom is 0.240 e. The molecule has 33 heavy (non-hydrogen) atoms. The average molecular weight is 456 g/mol. The number of rotatable bonds is 5. The Balaban J connectivity index is 1.51. The Morgan fingerprint density at radius 1 is 1.03 bits per heavy atom. The van der Waals surface area contributed by atoms with Gasteiger partial charge in [-0.3, -0.25) is 14.3 Å². The van der Waals surface area contributed by atoms with Crippen molar-refractivity contribution in [3.63, 3.8) is 0 Å². The van der Waals surface area contributed by atoms with E-state index >= 15 is 0 Å². The molecule has 0 N–H and O–H groups in total. The molecule has 1 aliphatic heterocycles. The first-order valence-electron chi connectivity index (χ1n) is 11.0. The molecule has 1 amide bonds. The van der Waals surface area contributed by atoms with Gasteiger partial charge < -0.3 is 4.90 Å². The number of hydrogen-bond donors (Lipinski definition) is 0. The number of fused-ring (bicyclic) bond motifs is 1. The maximum atomic E-state index is 13.6. The summed E-state index contributed by atoms with van der Waals surface area (Å²) in [5.74, 6) is 0.791. The summed E-state index contributed by atoms with van der Waals surface area (Å²) in [5, 5.41) is 9.35. The molecule has 0 bridgehead atoms. The second-order valence-electron chi connectivity index (χ2n) is 8.32. The van der Waals surface area contributed by atoms with Gasteiger partial charge in [-0.05, 0) is 62.6 Å². The lowest BCUT2D eigenvalue weighted by Crippen LogP contribution is -2.40. The number of aryl methyl sites for hydroxylation is 1. The van der Waals surface area contributed by atoms with Gasteiger partial charge in [0.1, 0.15) is 0 Å². The van der Waals surface area contributed by atoms with E-state index in [2.05, 4.69) is 41.2 Å². The number of para-hydroxylation sites is 2. The maximum absolute atomic E-state index is 13.6. The minimum absolute atomic E-state index is 0.0831. The van der Waals surface area contributed by atoms with Crippen LogP contribution in [-0.2, 0) is 11.2 Å². The summed E-state index contributed by atoms with van der Waals surface area (Å²) in [5.41, 5.74) is 5.20. The lowest BCUT2D eigenvalue weighted by atomic mass is 10.1. The molecule has 0 fully saturated rings. The summed E-state index contributed by atoms with van der Waals surface area (Å²) < 4.78 is 2.03. The van der Waals surface area contributed by atoms with Gasteiger partial charge in [0.15, 0.2) is 11.0 Å². The minimum Gasteiger partial charge on any atom is -0.308 e. The monoisotopic (exact) mass is 455 g/mol. The Morgan fingerprint density at radius 3 is 2.55 bits per heavy atom. The van der Waals surface area contributed by atoms with Crippen LogP contribution in [0.2, 0.25) is 0 Å². The van der Waals surface area contributed by atoms with E-state index in [0.717, 1.165) is 28.9 Å². The third-order valence-electron chi connectivity index (χ3n) is 5.98. The van der Waals surface area contributed by atoms with Gasteiger partial charge in [0.25, 0.3) is 0 Å². The van der Waals surface area contributed by atoms with Crippen molar-refractivity contribution in [1.29, 1.82) is 0 Å². The lowest BCUT2D eigenvalue weighted by molar-refractivity contribution is -0.118. The van der Waals surface area contributed by atoms with Crippen molar-refractivity contribution >= 4 is 23.4 Å². The van der Waals surface area contributed by atoms with Gasteiger partial charge >= 0.3 is 0 Å². The Morgan fingerprint density at radius 2 is 1.79 bits per heavy atom. The number of carbonyl (C=O) groups is 1. The van der Waals surface area contributed by atoms with Crippen LogP contribution in [0.3, 0.4) is 0 Å². The molecule has 0 saturated carbocycles. The van der Waals surface area contributed by atoms with Crippen LogP contribution in [0.4, 0.5) is 5.69 Å². The molecule has 3 heterocycles. The number of pyridine rings is 1. The number of benzene rings is 2. The summed E-state index contributed by atoms with van der Waals surface area (Å²) in [7, 11) is 0. The second kappa shape index (κ2) is 8.83. The first-order valence-corrected chi connectivity index (χ1v) is 11.9. The average Bonchev–Trinajstić information content (AvgIpc) is 3.39. The van der Waals surface area contributed by atoms with Crippen molar-refractivity contribution in [2.45, 2.75) is 43.6 Å². The Bertz CT molecular complexity index is 1300. The highest BCUT2D eigenvalue weighted by Gasteiger charge is 2.34. The standard InChI is InChI=1S/C26H25N5OS/c1-17-9-4-6-12-22(17)31-24(21-11-8-14-27-16-21)28-29-26(31)33-19(3)25(32)30-18(2)15-20-10-5-7-13-23(20)30/h4-14,16,18-19H,15H2,1-3H3/t18-,19-/m0/s1. The van der Waals surface area contributed by atoms with Crippen LogP contribution in [0, 0.1) is 6.92 Å². The van der Waals surface area contributed by atoms with Crippen LogP contribution in [0.15, 0.2) is 78.2 Å². The molecule has 0 spiro atoms. The summed E-state index contributed by atoms with van der Waals surface area (Å²) in [6.07, 6.45) is 4.40. The third-order valence-corrected chi connectivity index (χ3v) is 7.01. The fourth-order valence-electron chi connectivity index (χ4n) is 4.37. The first kappa shape index (κ1) is 21.4. The zero-order valence-corrected chi connectivity index (χ0v) is 19.7. The summed E-state index contributed by atoms with van der Waals surface area (Å²) in [6.45, 7) is 6.11. The van der Waals surface area contributed by atoms with E-state index in [4.69, 9.17) is 0 Å². The van der Waals surface area contributed by atoms with Gasteiger partial charge in [-0.25, -0.2) is 0 Å². The summed E-state index contributed by atoms with van der Waals surface area (Å²) in [6, 6.07) is 20.3. The van der Waals surface area contributed by atoms with Crippen LogP contribution in [-0.4, -0.2) is 36.9 Å². The number of hydrogen-bond acceptors (Lipinski definition) is 5. The molecule has 2 aromatic carbocycles. The molecule has 2 aromatic heterocycles. The van der Waals surface area contributed by atoms with Crippen LogP contribution in [0.25, 0.3) is 17.1 Å². The van der Waals surface area contributed by atoms with E-state index in [0.29, 0.717) is 11.0 Å². The SMILES string of the molecule is Cc1ccccc1-n1c(S[C@@H](C)C(=O)N2c3ccccc3C[C@@H]2C)nnc1-c1cccnc1. The molecule has 0 saturated heterocycles. The Hall–Kier alpha value is -3.45. The van der Waals surface area contributed by atoms with Gasteiger partial charge in [-0.15, -0.1) is 10.2 Å². The summed E-state index contributed by atoms with van der Waals surface area (Å²) in [4.78, 5) is 19.7. The number of thioether (sulfide) groups is 1. The number of anilines is 1. The minimum atomic E-state index is -0.327. The summed E-state index contributed by atoms with van der Waals surface area (Å²) >= 11 is 1.44. The van der Waals surface area contributed by atoms with Gasteiger partial charge in [0.2, 0.25) is 5.91 Å². The normalized spacial score (nSPS) is 16.0. The smallest absolute Gasteiger partial charge is 0.240 e. The van der Waals surface area contributed by atoms with E-state index in [-0.39, 0.29) is 17.2 Å². The lowest BCUT2D eigenvalue weighted by Gasteiger charge is -2.25. The fourth-order valence-corrected chi connectivity index (χ4v) is 5.27. The van der Waals surface area contributed by atoms with Crippen molar-refractivity contribution in [2.75, 3.05) is 4.90 Å². The molecule has 2 atom stereocenters.